The number of alkyl halides is 1. The van der Waals surface area contributed by atoms with Crippen LogP contribution in [0.1, 0.15) is 32.6 Å². The van der Waals surface area contributed by atoms with Gasteiger partial charge in [0.1, 0.15) is 0 Å². The molecular formula is C12H21BrN2O. The van der Waals surface area contributed by atoms with Crippen molar-refractivity contribution in [3.8, 4) is 0 Å². The molecule has 3 nitrogen and oxygen atoms in total. The summed E-state index contributed by atoms with van der Waals surface area (Å²) >= 11 is 3.29. The summed E-state index contributed by atoms with van der Waals surface area (Å²) in [7, 11) is 2.25. The molecule has 2 bridgehead atoms. The Bertz CT molecular complexity index is 256. The Morgan fingerprint density at radius 2 is 2.00 bits per heavy atom. The van der Waals surface area contributed by atoms with E-state index in [1.165, 1.54) is 25.7 Å². The normalized spacial score (nSPS) is 36.1. The second-order valence-electron chi connectivity index (χ2n) is 5.25. The molecule has 3 atom stereocenters. The number of amides is 1. The number of halogens is 1. The Labute approximate surface area is 106 Å². The molecular weight excluding hydrogens is 268 g/mol. The number of carbonyl (C=O) groups is 1. The minimum Gasteiger partial charge on any atom is -0.355 e. The van der Waals surface area contributed by atoms with Gasteiger partial charge in [0.15, 0.2) is 0 Å². The number of nitrogens with one attached hydrogen (secondary N) is 1. The summed E-state index contributed by atoms with van der Waals surface area (Å²) in [5.41, 5.74) is 0. The van der Waals surface area contributed by atoms with E-state index >= 15 is 0 Å². The molecule has 1 amide bonds. The van der Waals surface area contributed by atoms with Crippen molar-refractivity contribution >= 4 is 21.8 Å². The van der Waals surface area contributed by atoms with Gasteiger partial charge in [-0.15, -0.1) is 0 Å². The molecule has 0 aromatic heterocycles. The first-order chi connectivity index (χ1) is 7.58. The van der Waals surface area contributed by atoms with Crippen molar-refractivity contribution in [2.24, 2.45) is 5.92 Å². The molecule has 0 aromatic carbocycles. The van der Waals surface area contributed by atoms with Gasteiger partial charge in [-0.2, -0.15) is 0 Å². The topological polar surface area (TPSA) is 32.3 Å². The number of nitrogens with zero attached hydrogens (tertiary/aromatic N) is 1. The second-order valence-corrected chi connectivity index (χ2v) is 6.62. The molecule has 2 saturated heterocycles. The fourth-order valence-electron chi connectivity index (χ4n) is 3.08. The Morgan fingerprint density at radius 1 is 1.44 bits per heavy atom. The summed E-state index contributed by atoms with van der Waals surface area (Å²) in [6, 6.07) is 1.53. The van der Waals surface area contributed by atoms with E-state index in [0.29, 0.717) is 5.92 Å². The number of carbonyl (C=O) groups excluding carboxylic acids is 1. The fraction of sp³-hybridized carbons (Fsp3) is 0.917. The average Bonchev–Trinajstić information content (AvgIpc) is 2.51. The van der Waals surface area contributed by atoms with Gasteiger partial charge in [-0.3, -0.25) is 4.79 Å². The van der Waals surface area contributed by atoms with Crippen LogP contribution in [0.3, 0.4) is 0 Å². The van der Waals surface area contributed by atoms with E-state index in [9.17, 15) is 4.79 Å². The fourth-order valence-corrected chi connectivity index (χ4v) is 3.24. The zero-order chi connectivity index (χ0) is 11.7. The molecule has 2 rings (SSSR count). The maximum atomic E-state index is 11.5. The smallest absolute Gasteiger partial charge is 0.233 e. The van der Waals surface area contributed by atoms with Gasteiger partial charge < -0.3 is 10.2 Å². The third-order valence-corrected chi connectivity index (χ3v) is 4.54. The van der Waals surface area contributed by atoms with E-state index in [2.05, 4.69) is 33.2 Å². The van der Waals surface area contributed by atoms with Gasteiger partial charge in [0.05, 0.1) is 4.83 Å². The molecule has 0 spiro atoms. The van der Waals surface area contributed by atoms with Crippen LogP contribution in [-0.2, 0) is 4.79 Å². The first kappa shape index (κ1) is 12.4. The quantitative estimate of drug-likeness (QED) is 0.803. The van der Waals surface area contributed by atoms with Gasteiger partial charge >= 0.3 is 0 Å². The molecule has 16 heavy (non-hydrogen) atoms. The van der Waals surface area contributed by atoms with Crippen molar-refractivity contribution in [1.82, 2.24) is 10.2 Å². The van der Waals surface area contributed by atoms with Crippen LogP contribution in [0.15, 0.2) is 0 Å². The standard InChI is InChI=1S/C12H21BrN2O/c1-8(13)12(16)14-7-9-5-10-3-4-11(6-9)15(10)2/h8-11H,3-7H2,1-2H3,(H,14,16). The van der Waals surface area contributed by atoms with Gasteiger partial charge in [0.25, 0.3) is 0 Å². The van der Waals surface area contributed by atoms with E-state index in [1.807, 2.05) is 6.92 Å². The lowest BCUT2D eigenvalue weighted by Gasteiger charge is -2.36. The second kappa shape index (κ2) is 5.05. The predicted octanol–water partition coefficient (Wildman–Crippen LogP) is 1.76. The maximum Gasteiger partial charge on any atom is 0.233 e. The Hall–Kier alpha value is -0.0900. The highest BCUT2D eigenvalue weighted by Gasteiger charge is 2.38. The van der Waals surface area contributed by atoms with Gasteiger partial charge in [-0.25, -0.2) is 0 Å². The molecule has 92 valence electrons. The zero-order valence-corrected chi connectivity index (χ0v) is 11.7. The van der Waals surface area contributed by atoms with Gasteiger partial charge in [-0.05, 0) is 45.6 Å². The van der Waals surface area contributed by atoms with Crippen LogP contribution in [0, 0.1) is 5.92 Å². The molecule has 2 heterocycles. The van der Waals surface area contributed by atoms with E-state index in [4.69, 9.17) is 0 Å². The van der Waals surface area contributed by atoms with Crippen LogP contribution in [0.2, 0.25) is 0 Å². The summed E-state index contributed by atoms with van der Waals surface area (Å²) in [5, 5.41) is 3.03. The summed E-state index contributed by atoms with van der Waals surface area (Å²) in [5.74, 6) is 0.801. The number of fused-ring (bicyclic) bond motifs is 2. The number of piperidine rings is 1. The van der Waals surface area contributed by atoms with Crippen molar-refractivity contribution in [3.63, 3.8) is 0 Å². The molecule has 0 aliphatic carbocycles. The summed E-state index contributed by atoms with van der Waals surface area (Å²) in [4.78, 5) is 13.9. The van der Waals surface area contributed by atoms with E-state index < -0.39 is 0 Å². The summed E-state index contributed by atoms with van der Waals surface area (Å²) < 4.78 is 0. The third-order valence-electron chi connectivity index (χ3n) is 4.12. The van der Waals surface area contributed by atoms with Gasteiger partial charge in [0.2, 0.25) is 5.91 Å². The lowest BCUT2D eigenvalue weighted by atomic mass is 9.91. The Kier molecular flexibility index (Phi) is 3.90. The lowest BCUT2D eigenvalue weighted by molar-refractivity contribution is -0.120. The molecule has 0 radical (unpaired) electrons. The number of hydrogen-bond donors (Lipinski definition) is 1. The highest BCUT2D eigenvalue weighted by Crippen LogP contribution is 2.36. The van der Waals surface area contributed by atoms with Crippen LogP contribution in [0.4, 0.5) is 0 Å². The highest BCUT2D eigenvalue weighted by atomic mass is 79.9. The van der Waals surface area contributed by atoms with Crippen LogP contribution in [0.25, 0.3) is 0 Å². The summed E-state index contributed by atoms with van der Waals surface area (Å²) in [6.07, 6.45) is 5.20. The lowest BCUT2D eigenvalue weighted by Crippen LogP contribution is -2.44. The Morgan fingerprint density at radius 3 is 2.50 bits per heavy atom. The van der Waals surface area contributed by atoms with Crippen LogP contribution < -0.4 is 5.32 Å². The van der Waals surface area contributed by atoms with E-state index in [1.54, 1.807) is 0 Å². The zero-order valence-electron chi connectivity index (χ0n) is 10.1. The van der Waals surface area contributed by atoms with Crippen LogP contribution in [-0.4, -0.2) is 41.3 Å². The largest absolute Gasteiger partial charge is 0.355 e. The highest BCUT2D eigenvalue weighted by molar-refractivity contribution is 9.10. The van der Waals surface area contributed by atoms with Crippen molar-refractivity contribution in [3.05, 3.63) is 0 Å². The van der Waals surface area contributed by atoms with Crippen molar-refractivity contribution in [2.75, 3.05) is 13.6 Å². The van der Waals surface area contributed by atoms with Crippen molar-refractivity contribution in [1.29, 1.82) is 0 Å². The van der Waals surface area contributed by atoms with Crippen LogP contribution >= 0.6 is 15.9 Å². The minimum absolute atomic E-state index is 0.0736. The van der Waals surface area contributed by atoms with E-state index in [0.717, 1.165) is 18.6 Å². The number of rotatable bonds is 3. The minimum atomic E-state index is -0.0736. The molecule has 2 aliphatic rings. The molecule has 1 N–H and O–H groups in total. The SMILES string of the molecule is CC(Br)C(=O)NCC1CC2CCC(C1)N2C. The molecule has 2 fully saturated rings. The molecule has 4 heteroatoms. The number of hydrogen-bond acceptors (Lipinski definition) is 2. The molecule has 3 unspecified atom stereocenters. The average molecular weight is 289 g/mol. The predicted molar refractivity (Wildman–Crippen MR) is 68.7 cm³/mol. The first-order valence-electron chi connectivity index (χ1n) is 6.21. The Balaban J connectivity index is 1.78. The first-order valence-corrected chi connectivity index (χ1v) is 7.13. The van der Waals surface area contributed by atoms with Crippen LogP contribution in [0.5, 0.6) is 0 Å². The van der Waals surface area contributed by atoms with Gasteiger partial charge in [0, 0.05) is 18.6 Å². The molecule has 0 aromatic rings. The van der Waals surface area contributed by atoms with Gasteiger partial charge in [-0.1, -0.05) is 15.9 Å². The van der Waals surface area contributed by atoms with Crippen molar-refractivity contribution in [2.45, 2.75) is 49.5 Å². The monoisotopic (exact) mass is 288 g/mol. The molecule has 0 saturated carbocycles. The molecule has 2 aliphatic heterocycles. The maximum absolute atomic E-state index is 11.5. The third kappa shape index (κ3) is 2.59. The van der Waals surface area contributed by atoms with E-state index in [-0.39, 0.29) is 10.7 Å². The summed E-state index contributed by atoms with van der Waals surface area (Å²) in [6.45, 7) is 2.73. The van der Waals surface area contributed by atoms with Crippen molar-refractivity contribution < 1.29 is 4.79 Å².